The van der Waals surface area contributed by atoms with Crippen molar-refractivity contribution in [3.63, 3.8) is 0 Å². The van der Waals surface area contributed by atoms with Gasteiger partial charge in [-0.05, 0) is 31.1 Å². The molecule has 1 rings (SSSR count). The van der Waals surface area contributed by atoms with Crippen molar-refractivity contribution in [3.05, 3.63) is 0 Å². The van der Waals surface area contributed by atoms with Crippen LogP contribution in [-0.2, 0) is 19.6 Å². The van der Waals surface area contributed by atoms with Gasteiger partial charge in [-0.2, -0.15) is 0 Å². The Morgan fingerprint density at radius 3 is 2.62 bits per heavy atom. The van der Waals surface area contributed by atoms with Crippen LogP contribution >= 0.6 is 0 Å². The normalized spacial score (nSPS) is 22.2. The first-order chi connectivity index (χ1) is 9.74. The van der Waals surface area contributed by atoms with Gasteiger partial charge in [-0.25, -0.2) is 12.7 Å². The van der Waals surface area contributed by atoms with Crippen LogP contribution in [0.25, 0.3) is 0 Å². The highest BCUT2D eigenvalue weighted by Gasteiger charge is 2.27. The summed E-state index contributed by atoms with van der Waals surface area (Å²) in [4.78, 5) is 11.8. The fraction of sp³-hybridized carbons (Fsp3) is 0.929. The molecule has 0 aromatic heterocycles. The Morgan fingerprint density at radius 1 is 1.43 bits per heavy atom. The lowest BCUT2D eigenvalue weighted by Gasteiger charge is -2.32. The highest BCUT2D eigenvalue weighted by Crippen LogP contribution is 2.18. The van der Waals surface area contributed by atoms with Gasteiger partial charge >= 0.3 is 5.97 Å². The molecule has 7 heteroatoms. The standard InChI is InChI=1S/C14H28N2O4S/c1-11(2)8-13(14(17)20-3)15-9-12-6-5-7-16(10-12)21(4,18)19/h11-13,15H,5-10H2,1-4H3. The van der Waals surface area contributed by atoms with Crippen molar-refractivity contribution in [2.24, 2.45) is 11.8 Å². The van der Waals surface area contributed by atoms with Crippen molar-refractivity contribution >= 4 is 16.0 Å². The third-order valence-corrected chi connectivity index (χ3v) is 5.07. The molecule has 1 N–H and O–H groups in total. The van der Waals surface area contributed by atoms with E-state index in [0.717, 1.165) is 19.3 Å². The maximum absolute atomic E-state index is 11.8. The minimum atomic E-state index is -3.12. The highest BCUT2D eigenvalue weighted by atomic mass is 32.2. The molecule has 2 atom stereocenters. The molecule has 0 radical (unpaired) electrons. The number of rotatable bonds is 7. The molecule has 1 fully saturated rings. The monoisotopic (exact) mass is 320 g/mol. The largest absolute Gasteiger partial charge is 0.468 e. The van der Waals surface area contributed by atoms with E-state index in [0.29, 0.717) is 25.6 Å². The first kappa shape index (κ1) is 18.4. The van der Waals surface area contributed by atoms with Crippen LogP contribution in [0.5, 0.6) is 0 Å². The van der Waals surface area contributed by atoms with Crippen molar-refractivity contribution in [2.75, 3.05) is 33.0 Å². The number of carbonyl (C=O) groups is 1. The van der Waals surface area contributed by atoms with E-state index in [1.54, 1.807) is 0 Å². The number of hydrogen-bond acceptors (Lipinski definition) is 5. The lowest BCUT2D eigenvalue weighted by atomic mass is 9.98. The van der Waals surface area contributed by atoms with Crippen LogP contribution in [0.2, 0.25) is 0 Å². The zero-order valence-electron chi connectivity index (χ0n) is 13.5. The summed E-state index contributed by atoms with van der Waals surface area (Å²) in [5.74, 6) is 0.382. The molecule has 124 valence electrons. The smallest absolute Gasteiger partial charge is 0.322 e. The van der Waals surface area contributed by atoms with Crippen LogP contribution < -0.4 is 5.32 Å². The first-order valence-corrected chi connectivity index (χ1v) is 9.35. The van der Waals surface area contributed by atoms with Gasteiger partial charge in [0.25, 0.3) is 0 Å². The minimum Gasteiger partial charge on any atom is -0.468 e. The molecule has 1 heterocycles. The Hall–Kier alpha value is -0.660. The van der Waals surface area contributed by atoms with E-state index in [4.69, 9.17) is 4.74 Å². The van der Waals surface area contributed by atoms with Crippen LogP contribution in [0.1, 0.15) is 33.1 Å². The average molecular weight is 320 g/mol. The van der Waals surface area contributed by atoms with Crippen LogP contribution in [-0.4, -0.2) is 57.7 Å². The van der Waals surface area contributed by atoms with E-state index in [9.17, 15) is 13.2 Å². The minimum absolute atomic E-state index is 0.243. The first-order valence-electron chi connectivity index (χ1n) is 7.50. The van der Waals surface area contributed by atoms with Crippen LogP contribution in [0.4, 0.5) is 0 Å². The molecular formula is C14H28N2O4S. The second kappa shape index (κ2) is 8.10. The second-order valence-corrected chi connectivity index (χ2v) is 8.23. The second-order valence-electron chi connectivity index (χ2n) is 6.24. The molecule has 0 spiro atoms. The van der Waals surface area contributed by atoms with Crippen LogP contribution in [0.3, 0.4) is 0 Å². The Balaban J connectivity index is 2.53. The molecule has 1 aliphatic rings. The lowest BCUT2D eigenvalue weighted by Crippen LogP contribution is -2.46. The quantitative estimate of drug-likeness (QED) is 0.703. The summed E-state index contributed by atoms with van der Waals surface area (Å²) in [6.07, 6.45) is 3.81. The number of piperidine rings is 1. The number of sulfonamides is 1. The van der Waals surface area contributed by atoms with Crippen molar-refractivity contribution in [2.45, 2.75) is 39.2 Å². The lowest BCUT2D eigenvalue weighted by molar-refractivity contribution is -0.143. The molecule has 6 nitrogen and oxygen atoms in total. The van der Waals surface area contributed by atoms with Gasteiger partial charge in [0.05, 0.1) is 13.4 Å². The Labute approximate surface area is 128 Å². The summed E-state index contributed by atoms with van der Waals surface area (Å²) < 4.78 is 29.5. The Morgan fingerprint density at radius 2 is 2.10 bits per heavy atom. The van der Waals surface area contributed by atoms with Gasteiger partial charge in [0.2, 0.25) is 10.0 Å². The molecular weight excluding hydrogens is 292 g/mol. The number of ether oxygens (including phenoxy) is 1. The molecule has 1 saturated heterocycles. The van der Waals surface area contributed by atoms with Gasteiger partial charge in [-0.3, -0.25) is 4.79 Å². The van der Waals surface area contributed by atoms with Crippen molar-refractivity contribution in [1.29, 1.82) is 0 Å². The Bertz CT molecular complexity index is 436. The fourth-order valence-corrected chi connectivity index (χ4v) is 3.62. The summed E-state index contributed by atoms with van der Waals surface area (Å²) >= 11 is 0. The number of hydrogen-bond donors (Lipinski definition) is 1. The maximum atomic E-state index is 11.8. The van der Waals surface area contributed by atoms with Gasteiger partial charge in [0.1, 0.15) is 6.04 Å². The third kappa shape index (κ3) is 6.32. The fourth-order valence-electron chi connectivity index (χ4n) is 2.68. The zero-order valence-corrected chi connectivity index (χ0v) is 14.3. The van der Waals surface area contributed by atoms with Gasteiger partial charge < -0.3 is 10.1 Å². The maximum Gasteiger partial charge on any atom is 0.322 e. The van der Waals surface area contributed by atoms with Gasteiger partial charge in [-0.1, -0.05) is 13.8 Å². The summed E-state index contributed by atoms with van der Waals surface area (Å²) in [6, 6.07) is -0.316. The molecule has 0 aromatic rings. The summed E-state index contributed by atoms with van der Waals surface area (Å²) in [6.45, 7) is 5.88. The molecule has 0 saturated carbocycles. The summed E-state index contributed by atoms with van der Waals surface area (Å²) in [5, 5.41) is 3.25. The van der Waals surface area contributed by atoms with Crippen LogP contribution in [0, 0.1) is 11.8 Å². The molecule has 21 heavy (non-hydrogen) atoms. The van der Waals surface area contributed by atoms with E-state index >= 15 is 0 Å². The third-order valence-electron chi connectivity index (χ3n) is 3.80. The van der Waals surface area contributed by atoms with E-state index in [1.807, 2.05) is 0 Å². The van der Waals surface area contributed by atoms with E-state index in [1.165, 1.54) is 17.7 Å². The van der Waals surface area contributed by atoms with Gasteiger partial charge in [0.15, 0.2) is 0 Å². The molecule has 1 aliphatic heterocycles. The van der Waals surface area contributed by atoms with E-state index in [2.05, 4.69) is 19.2 Å². The molecule has 2 unspecified atom stereocenters. The number of nitrogens with one attached hydrogen (secondary N) is 1. The predicted molar refractivity (Wildman–Crippen MR) is 82.4 cm³/mol. The number of esters is 1. The number of nitrogens with zero attached hydrogens (tertiary/aromatic N) is 1. The van der Waals surface area contributed by atoms with E-state index in [-0.39, 0.29) is 17.9 Å². The predicted octanol–water partition coefficient (Wildman–Crippen LogP) is 0.835. The van der Waals surface area contributed by atoms with Crippen molar-refractivity contribution in [1.82, 2.24) is 9.62 Å². The number of methoxy groups -OCH3 is 1. The van der Waals surface area contributed by atoms with Crippen LogP contribution in [0.15, 0.2) is 0 Å². The van der Waals surface area contributed by atoms with Crippen molar-refractivity contribution < 1.29 is 17.9 Å². The summed E-state index contributed by atoms with van der Waals surface area (Å²) in [5.41, 5.74) is 0. The zero-order chi connectivity index (χ0) is 16.0. The topological polar surface area (TPSA) is 75.7 Å². The number of carbonyl (C=O) groups excluding carboxylic acids is 1. The van der Waals surface area contributed by atoms with Gasteiger partial charge in [0, 0.05) is 19.6 Å². The summed E-state index contributed by atoms with van der Waals surface area (Å²) in [7, 11) is -1.73. The molecule has 0 amide bonds. The SMILES string of the molecule is COC(=O)C(CC(C)C)NCC1CCCN(S(C)(=O)=O)C1. The van der Waals surface area contributed by atoms with Gasteiger partial charge in [-0.15, -0.1) is 0 Å². The molecule has 0 aromatic carbocycles. The average Bonchev–Trinajstić information content (AvgIpc) is 2.41. The van der Waals surface area contributed by atoms with E-state index < -0.39 is 10.0 Å². The molecule has 0 bridgehead atoms. The Kier molecular flexibility index (Phi) is 7.09. The highest BCUT2D eigenvalue weighted by molar-refractivity contribution is 7.88. The molecule has 0 aliphatic carbocycles. The van der Waals surface area contributed by atoms with Crippen molar-refractivity contribution in [3.8, 4) is 0 Å².